The Morgan fingerprint density at radius 2 is 0.886 bits per heavy atom. The Morgan fingerprint density at radius 1 is 0.420 bits per heavy atom. The van der Waals surface area contributed by atoms with Crippen LogP contribution in [0.25, 0.3) is 40.0 Å². The number of hydrogen-bond acceptors (Lipinski definition) is 2. The van der Waals surface area contributed by atoms with E-state index in [1.165, 1.54) is 6.07 Å². The van der Waals surface area contributed by atoms with Crippen molar-refractivity contribution in [3.05, 3.63) is 369 Å². The first-order chi connectivity index (χ1) is 42.8. The zero-order chi connectivity index (χ0) is 60.6. The smallest absolute Gasteiger partial charge is 0.182 e. The van der Waals surface area contributed by atoms with Gasteiger partial charge in [0, 0.05) is 17.1 Å². The van der Waals surface area contributed by atoms with Crippen molar-refractivity contribution in [2.75, 3.05) is 9.80 Å². The molecule has 88 heavy (non-hydrogen) atoms. The lowest BCUT2D eigenvalue weighted by molar-refractivity contribution is 0.507. The minimum Gasteiger partial charge on any atom is -0.332 e. The summed E-state index contributed by atoms with van der Waals surface area (Å²) in [6.07, 6.45) is 10.4. The molecule has 0 saturated carbocycles. The van der Waals surface area contributed by atoms with Crippen LogP contribution in [0.2, 0.25) is 0 Å². The van der Waals surface area contributed by atoms with Gasteiger partial charge in [-0.05, 0) is 195 Å². The van der Waals surface area contributed by atoms with Gasteiger partial charge in [-0.3, -0.25) is 0 Å². The molecule has 3 unspecified atom stereocenters. The molecule has 0 spiro atoms. The van der Waals surface area contributed by atoms with E-state index in [4.69, 9.17) is 0 Å². The van der Waals surface area contributed by atoms with Gasteiger partial charge in [-0.2, -0.15) is 0 Å². The molecule has 428 valence electrons. The molecule has 0 bridgehead atoms. The third-order valence-corrected chi connectivity index (χ3v) is 18.6. The van der Waals surface area contributed by atoms with Gasteiger partial charge in [-0.15, -0.1) is 0 Å². The normalized spacial score (nSPS) is 16.9. The maximum atomic E-state index is 16.6. The lowest BCUT2D eigenvalue weighted by atomic mass is 9.66. The zero-order valence-electron chi connectivity index (χ0n) is 49.4. The lowest BCUT2D eigenvalue weighted by Gasteiger charge is -2.37. The Hall–Kier alpha value is -10.3. The van der Waals surface area contributed by atoms with E-state index in [0.29, 0.717) is 23.5 Å². The van der Waals surface area contributed by atoms with E-state index in [1.807, 2.05) is 59.5 Å². The fraction of sp³-hybridized carbons (Fsp3) is 0.0976. The standard InChI is InChI=1S/C82H62F4N2/c1-7-55-27-35-59(36-28-55)81(71-47-51(3)23-25-53(71)5)69-17-11-9-15-65(69)67-45-43-63(49-73(67)81)87(77-21-13-19-75(83)79(77)85)61-39-31-57(32-40-61)58-33-41-62(42-34-58)88(78-22-14-20-76(84)80(78)86)64-44-46-68-66-16-10-12-18-70(66)82(74(68)50-64,60-37-29-56(8-2)30-38-60)72-48-52(4)24-26-54(72)6/h7-41,43-50,62H,1-2,42H2,3-6H3. The monoisotopic (exact) mass is 1150 g/mol. The first kappa shape index (κ1) is 55.6. The number of nitrogens with zero attached hydrogens (tertiary/aromatic N) is 2. The summed E-state index contributed by atoms with van der Waals surface area (Å²) >= 11 is 0. The predicted octanol–water partition coefficient (Wildman–Crippen LogP) is 21.5. The summed E-state index contributed by atoms with van der Waals surface area (Å²) in [7, 11) is 0. The van der Waals surface area contributed by atoms with Crippen molar-refractivity contribution in [1.82, 2.24) is 0 Å². The van der Waals surface area contributed by atoms with Gasteiger partial charge >= 0.3 is 0 Å². The SMILES string of the molecule is C=Cc1ccc(C2(c3cc(C)ccc3C)c3ccccc3-c3ccc(N(c4ccc(C5=CCC(N(c6ccc7c(c6)C(c6ccc(C=C)cc6)(c6cc(C)ccc6C)c6ccccc6-7)c6cccc(F)c6F)C=C5)cc4)c4cccc(F)c4F)cc32)cc1. The minimum absolute atomic E-state index is 0.0625. The second kappa shape index (κ2) is 21.9. The van der Waals surface area contributed by atoms with Crippen molar-refractivity contribution in [2.45, 2.75) is 51.0 Å². The third-order valence-electron chi connectivity index (χ3n) is 18.6. The summed E-state index contributed by atoms with van der Waals surface area (Å²) in [5, 5.41) is 0. The number of anilines is 5. The molecule has 3 aliphatic rings. The Bertz CT molecular complexity index is 4690. The van der Waals surface area contributed by atoms with Crippen LogP contribution in [0.3, 0.4) is 0 Å². The molecule has 0 N–H and O–H groups in total. The van der Waals surface area contributed by atoms with E-state index in [2.05, 4.69) is 211 Å². The molecule has 0 aliphatic heterocycles. The Balaban J connectivity index is 0.860. The average Bonchev–Trinajstić information content (AvgIpc) is 1.55. The van der Waals surface area contributed by atoms with E-state index in [-0.39, 0.29) is 11.4 Å². The number of benzene rings is 11. The van der Waals surface area contributed by atoms with Crippen molar-refractivity contribution in [3.8, 4) is 22.3 Å². The number of rotatable bonds is 13. The zero-order valence-corrected chi connectivity index (χ0v) is 49.4. The molecule has 0 heterocycles. The summed E-state index contributed by atoms with van der Waals surface area (Å²) in [5.41, 5.74) is 22.0. The molecule has 14 rings (SSSR count). The average molecular weight is 1150 g/mol. The molecule has 3 atom stereocenters. The van der Waals surface area contributed by atoms with Gasteiger partial charge in [0.05, 0.1) is 28.2 Å². The van der Waals surface area contributed by atoms with E-state index in [1.54, 1.807) is 23.1 Å². The summed E-state index contributed by atoms with van der Waals surface area (Å²) in [5.74, 6) is -3.79. The van der Waals surface area contributed by atoms with Gasteiger partial charge in [-0.1, -0.05) is 225 Å². The molecule has 0 fully saturated rings. The van der Waals surface area contributed by atoms with Crippen LogP contribution >= 0.6 is 0 Å². The number of allylic oxidation sites excluding steroid dienone is 2. The van der Waals surface area contributed by atoms with Crippen molar-refractivity contribution in [3.63, 3.8) is 0 Å². The van der Waals surface area contributed by atoms with Gasteiger partial charge in [0.15, 0.2) is 23.3 Å². The highest BCUT2D eigenvalue weighted by atomic mass is 19.2. The minimum atomic E-state index is -0.967. The van der Waals surface area contributed by atoms with E-state index in [0.717, 1.165) is 123 Å². The summed E-state index contributed by atoms with van der Waals surface area (Å²) in [4.78, 5) is 3.72. The molecule has 0 saturated heterocycles. The maximum absolute atomic E-state index is 16.6. The van der Waals surface area contributed by atoms with Crippen LogP contribution in [0.15, 0.2) is 262 Å². The summed E-state index contributed by atoms with van der Waals surface area (Å²) < 4.78 is 64.5. The highest BCUT2D eigenvalue weighted by Crippen LogP contribution is 2.60. The van der Waals surface area contributed by atoms with Crippen molar-refractivity contribution < 1.29 is 17.6 Å². The van der Waals surface area contributed by atoms with Gasteiger partial charge in [0.2, 0.25) is 0 Å². The highest BCUT2D eigenvalue weighted by Gasteiger charge is 2.49. The molecule has 11 aromatic carbocycles. The van der Waals surface area contributed by atoms with Crippen LogP contribution in [-0.4, -0.2) is 6.04 Å². The van der Waals surface area contributed by atoms with Gasteiger partial charge < -0.3 is 9.80 Å². The quantitative estimate of drug-likeness (QED) is 0.106. The van der Waals surface area contributed by atoms with Crippen LogP contribution in [0.1, 0.15) is 89.9 Å². The molecule has 2 nitrogen and oxygen atoms in total. The molecule has 0 aromatic heterocycles. The number of aryl methyl sites for hydroxylation is 4. The van der Waals surface area contributed by atoms with Gasteiger partial charge in [0.25, 0.3) is 0 Å². The number of halogens is 4. The summed E-state index contributed by atoms with van der Waals surface area (Å²) in [6, 6.07) is 76.2. The molecule has 0 radical (unpaired) electrons. The Morgan fingerprint density at radius 3 is 1.40 bits per heavy atom. The second-order valence-electron chi connectivity index (χ2n) is 23.6. The van der Waals surface area contributed by atoms with Crippen LogP contribution in [0.5, 0.6) is 0 Å². The van der Waals surface area contributed by atoms with E-state index < -0.39 is 40.1 Å². The molecular weight excluding hydrogens is 1090 g/mol. The van der Waals surface area contributed by atoms with E-state index in [9.17, 15) is 0 Å². The van der Waals surface area contributed by atoms with Crippen LogP contribution in [0, 0.1) is 51.0 Å². The van der Waals surface area contributed by atoms with Crippen LogP contribution in [-0.2, 0) is 10.8 Å². The molecule has 6 heteroatoms. The topological polar surface area (TPSA) is 6.48 Å². The van der Waals surface area contributed by atoms with Gasteiger partial charge in [0.1, 0.15) is 0 Å². The van der Waals surface area contributed by atoms with E-state index >= 15 is 17.6 Å². The first-order valence-corrected chi connectivity index (χ1v) is 29.9. The molecule has 11 aromatic rings. The third kappa shape index (κ3) is 8.75. The predicted molar refractivity (Wildman–Crippen MR) is 355 cm³/mol. The second-order valence-corrected chi connectivity index (χ2v) is 23.6. The molecular formula is C82H62F4N2. The summed E-state index contributed by atoms with van der Waals surface area (Å²) in [6.45, 7) is 16.6. The van der Waals surface area contributed by atoms with Crippen molar-refractivity contribution >= 4 is 46.2 Å². The first-order valence-electron chi connectivity index (χ1n) is 29.9. The largest absolute Gasteiger partial charge is 0.332 e. The van der Waals surface area contributed by atoms with Crippen molar-refractivity contribution in [1.29, 1.82) is 0 Å². The molecule has 3 aliphatic carbocycles. The highest BCUT2D eigenvalue weighted by molar-refractivity contribution is 5.92. The Labute approximate surface area is 512 Å². The fourth-order valence-electron chi connectivity index (χ4n) is 14.5. The van der Waals surface area contributed by atoms with Crippen LogP contribution < -0.4 is 9.80 Å². The van der Waals surface area contributed by atoms with Gasteiger partial charge in [-0.25, -0.2) is 17.6 Å². The fourth-order valence-corrected chi connectivity index (χ4v) is 14.5. The van der Waals surface area contributed by atoms with Crippen molar-refractivity contribution in [2.24, 2.45) is 0 Å². The molecule has 0 amide bonds. The number of fused-ring (bicyclic) bond motifs is 6. The maximum Gasteiger partial charge on any atom is 0.182 e. The number of hydrogen-bond donors (Lipinski definition) is 0. The van der Waals surface area contributed by atoms with Crippen LogP contribution in [0.4, 0.5) is 46.0 Å². The lowest BCUT2D eigenvalue weighted by Crippen LogP contribution is -2.32. The Kier molecular flexibility index (Phi) is 13.8.